The van der Waals surface area contributed by atoms with Gasteiger partial charge >= 0.3 is 0 Å². The van der Waals surface area contributed by atoms with E-state index < -0.39 is 0 Å². The van der Waals surface area contributed by atoms with Crippen LogP contribution in [0.25, 0.3) is 10.2 Å². The highest BCUT2D eigenvalue weighted by Gasteiger charge is 1.99. The first-order chi connectivity index (χ1) is 6.29. The van der Waals surface area contributed by atoms with E-state index in [9.17, 15) is 0 Å². The Morgan fingerprint density at radius 2 is 2.38 bits per heavy atom. The van der Waals surface area contributed by atoms with Crippen LogP contribution in [0.15, 0.2) is 23.1 Å². The Hall–Kier alpha value is -0.400. The van der Waals surface area contributed by atoms with Gasteiger partial charge in [0.1, 0.15) is 0 Å². The van der Waals surface area contributed by atoms with E-state index in [0.29, 0.717) is 0 Å². The Balaban J connectivity index is 2.54. The number of thiazole rings is 1. The van der Waals surface area contributed by atoms with E-state index in [1.807, 2.05) is 18.2 Å². The predicted octanol–water partition coefficient (Wildman–Crippen LogP) is 3.46. The summed E-state index contributed by atoms with van der Waals surface area (Å²) in [5, 5.41) is 8.23. The molecule has 0 aliphatic heterocycles. The van der Waals surface area contributed by atoms with E-state index in [0.717, 1.165) is 31.1 Å². The van der Waals surface area contributed by atoms with Crippen molar-refractivity contribution < 1.29 is 9.59 Å². The standard InChI is InChI=1S/C7H5NO2S3/c9-10-13-4-1-2-6-5(3-4)8-7(11)12-6/h1-3,9H,(H,8,11). The second-order valence-corrected chi connectivity index (χ2v) is 4.84. The average molecular weight is 231 g/mol. The molecule has 2 rings (SSSR count). The number of H-pyrrole nitrogens is 1. The lowest BCUT2D eigenvalue weighted by Crippen LogP contribution is -1.73. The fourth-order valence-corrected chi connectivity index (χ4v) is 2.50. The highest BCUT2D eigenvalue weighted by atomic mass is 32.2. The largest absolute Gasteiger partial charge is 0.337 e. The molecule has 2 N–H and O–H groups in total. The molecule has 1 heterocycles. The number of benzene rings is 1. The predicted molar refractivity (Wildman–Crippen MR) is 56.6 cm³/mol. The Bertz CT molecular complexity index is 476. The van der Waals surface area contributed by atoms with Crippen LogP contribution in [-0.2, 0) is 4.33 Å². The molecule has 2 aromatic rings. The van der Waals surface area contributed by atoms with Crippen LogP contribution >= 0.6 is 35.6 Å². The van der Waals surface area contributed by atoms with Gasteiger partial charge in [0.2, 0.25) is 0 Å². The lowest BCUT2D eigenvalue weighted by molar-refractivity contribution is -0.116. The van der Waals surface area contributed by atoms with Crippen LogP contribution in [0.1, 0.15) is 0 Å². The third-order valence-electron chi connectivity index (χ3n) is 1.52. The molecule has 0 saturated carbocycles. The Labute approximate surface area is 87.5 Å². The highest BCUT2D eigenvalue weighted by molar-refractivity contribution is 7.94. The number of aromatic nitrogens is 1. The molecule has 1 aromatic carbocycles. The molecule has 68 valence electrons. The Morgan fingerprint density at radius 1 is 1.54 bits per heavy atom. The lowest BCUT2D eigenvalue weighted by Gasteiger charge is -1.94. The zero-order valence-corrected chi connectivity index (χ0v) is 8.76. The summed E-state index contributed by atoms with van der Waals surface area (Å²) in [6.45, 7) is 0. The molecule has 0 unspecified atom stereocenters. The lowest BCUT2D eigenvalue weighted by atomic mass is 10.3. The van der Waals surface area contributed by atoms with Crippen LogP contribution in [0.5, 0.6) is 0 Å². The van der Waals surface area contributed by atoms with Crippen molar-refractivity contribution in [2.75, 3.05) is 0 Å². The van der Waals surface area contributed by atoms with Gasteiger partial charge in [-0.25, -0.2) is 5.26 Å². The fourth-order valence-electron chi connectivity index (χ4n) is 1.03. The van der Waals surface area contributed by atoms with Gasteiger partial charge in [0.15, 0.2) is 3.95 Å². The van der Waals surface area contributed by atoms with Gasteiger partial charge in [-0.15, -0.1) is 11.3 Å². The number of fused-ring (bicyclic) bond motifs is 1. The molecule has 1 aromatic heterocycles. The third-order valence-corrected chi connectivity index (χ3v) is 3.26. The topological polar surface area (TPSA) is 45.2 Å². The summed E-state index contributed by atoms with van der Waals surface area (Å²) in [5.74, 6) is 0. The van der Waals surface area contributed by atoms with Crippen LogP contribution in [0.3, 0.4) is 0 Å². The monoisotopic (exact) mass is 231 g/mol. The molecular weight excluding hydrogens is 226 g/mol. The number of aromatic amines is 1. The summed E-state index contributed by atoms with van der Waals surface area (Å²) in [5.41, 5.74) is 0.969. The van der Waals surface area contributed by atoms with Crippen molar-refractivity contribution in [1.29, 1.82) is 0 Å². The van der Waals surface area contributed by atoms with Crippen LogP contribution in [0, 0.1) is 3.95 Å². The summed E-state index contributed by atoms with van der Waals surface area (Å²) in [7, 11) is 0. The van der Waals surface area contributed by atoms with Crippen LogP contribution in [0.2, 0.25) is 0 Å². The van der Waals surface area contributed by atoms with Gasteiger partial charge in [-0.3, -0.25) is 0 Å². The molecule has 3 nitrogen and oxygen atoms in total. The van der Waals surface area contributed by atoms with Crippen LogP contribution in [-0.4, -0.2) is 10.2 Å². The molecule has 0 radical (unpaired) electrons. The van der Waals surface area contributed by atoms with Crippen LogP contribution in [0.4, 0.5) is 0 Å². The zero-order valence-electron chi connectivity index (χ0n) is 6.31. The second kappa shape index (κ2) is 3.77. The van der Waals surface area contributed by atoms with Crippen molar-refractivity contribution in [2.24, 2.45) is 0 Å². The average Bonchev–Trinajstić information content (AvgIpc) is 2.44. The van der Waals surface area contributed by atoms with Crippen molar-refractivity contribution >= 4 is 45.8 Å². The second-order valence-electron chi connectivity index (χ2n) is 2.33. The van der Waals surface area contributed by atoms with E-state index in [4.69, 9.17) is 17.5 Å². The molecular formula is C7H5NO2S3. The fraction of sp³-hybridized carbons (Fsp3) is 0. The van der Waals surface area contributed by atoms with E-state index in [-0.39, 0.29) is 0 Å². The van der Waals surface area contributed by atoms with Gasteiger partial charge in [0, 0.05) is 4.90 Å². The van der Waals surface area contributed by atoms with Gasteiger partial charge in [-0.2, -0.15) is 4.33 Å². The molecule has 0 fully saturated rings. The first-order valence-corrected chi connectivity index (χ1v) is 5.37. The van der Waals surface area contributed by atoms with Gasteiger partial charge in [0.05, 0.1) is 22.3 Å². The summed E-state index contributed by atoms with van der Waals surface area (Å²) in [4.78, 5) is 3.87. The minimum Gasteiger partial charge on any atom is -0.337 e. The quantitative estimate of drug-likeness (QED) is 0.359. The SMILES string of the molecule is OOSc1ccc2sc(=S)[nH]c2c1. The van der Waals surface area contributed by atoms with Gasteiger partial charge in [-0.05, 0) is 30.4 Å². The maximum Gasteiger partial charge on any atom is 0.159 e. The number of rotatable bonds is 2. The van der Waals surface area contributed by atoms with Gasteiger partial charge in [0.25, 0.3) is 0 Å². The summed E-state index contributed by atoms with van der Waals surface area (Å²) in [6.07, 6.45) is 0. The molecule has 0 aliphatic rings. The Morgan fingerprint density at radius 3 is 3.15 bits per heavy atom. The highest BCUT2D eigenvalue weighted by Crippen LogP contribution is 2.25. The molecule has 0 aliphatic carbocycles. The van der Waals surface area contributed by atoms with E-state index in [2.05, 4.69) is 9.32 Å². The first-order valence-electron chi connectivity index (χ1n) is 3.40. The molecule has 13 heavy (non-hydrogen) atoms. The molecule has 0 spiro atoms. The maximum atomic E-state index is 8.23. The Kier molecular flexibility index (Phi) is 2.66. The number of hydrogen-bond acceptors (Lipinski definition) is 5. The van der Waals surface area contributed by atoms with Crippen molar-refractivity contribution in [3.05, 3.63) is 22.2 Å². The molecule has 0 amide bonds. The molecule has 0 saturated heterocycles. The van der Waals surface area contributed by atoms with Crippen molar-refractivity contribution in [2.45, 2.75) is 4.90 Å². The zero-order chi connectivity index (χ0) is 9.26. The van der Waals surface area contributed by atoms with E-state index in [1.165, 1.54) is 11.3 Å². The third kappa shape index (κ3) is 1.92. The van der Waals surface area contributed by atoms with Gasteiger partial charge < -0.3 is 4.98 Å². The smallest absolute Gasteiger partial charge is 0.159 e. The maximum absolute atomic E-state index is 8.23. The van der Waals surface area contributed by atoms with Crippen molar-refractivity contribution in [1.82, 2.24) is 4.98 Å². The molecule has 0 atom stereocenters. The minimum atomic E-state index is 0.752. The van der Waals surface area contributed by atoms with Gasteiger partial charge in [-0.1, -0.05) is 0 Å². The molecule has 0 bridgehead atoms. The summed E-state index contributed by atoms with van der Waals surface area (Å²) < 4.78 is 5.82. The van der Waals surface area contributed by atoms with Crippen molar-refractivity contribution in [3.8, 4) is 0 Å². The normalized spacial score (nSPS) is 10.8. The van der Waals surface area contributed by atoms with Crippen LogP contribution < -0.4 is 0 Å². The summed E-state index contributed by atoms with van der Waals surface area (Å²) in [6, 6.07) is 5.68. The number of nitrogens with one attached hydrogen (secondary N) is 1. The first kappa shape index (κ1) is 9.17. The van der Waals surface area contributed by atoms with Crippen molar-refractivity contribution in [3.63, 3.8) is 0 Å². The van der Waals surface area contributed by atoms with E-state index in [1.54, 1.807) is 0 Å². The van der Waals surface area contributed by atoms with E-state index >= 15 is 0 Å². The summed E-state index contributed by atoms with van der Waals surface area (Å²) >= 11 is 7.43. The number of hydrogen-bond donors (Lipinski definition) is 2. The minimum absolute atomic E-state index is 0.752. The molecule has 6 heteroatoms.